The van der Waals surface area contributed by atoms with Crippen molar-refractivity contribution < 1.29 is 31.5 Å². The smallest absolute Gasteiger partial charge is 0.393 e. The average Bonchev–Trinajstić information content (AvgIpc) is 2.94. The van der Waals surface area contributed by atoms with Gasteiger partial charge in [0, 0.05) is 13.1 Å². The molecule has 1 aromatic rings. The Morgan fingerprint density at radius 2 is 1.75 bits per heavy atom. The van der Waals surface area contributed by atoms with Crippen molar-refractivity contribution in [2.75, 3.05) is 13.1 Å². The van der Waals surface area contributed by atoms with Crippen LogP contribution in [0.1, 0.15) is 18.1 Å². The maximum atomic E-state index is 13.0. The normalized spacial score (nSPS) is 22.7. The third-order valence-electron chi connectivity index (χ3n) is 4.20. The summed E-state index contributed by atoms with van der Waals surface area (Å²) in [4.78, 5) is 11.0. The van der Waals surface area contributed by atoms with Gasteiger partial charge >= 0.3 is 12.1 Å². The highest BCUT2D eigenvalue weighted by Crippen LogP contribution is 2.39. The Balaban J connectivity index is 2.18. The van der Waals surface area contributed by atoms with Crippen LogP contribution in [0.5, 0.6) is 0 Å². The van der Waals surface area contributed by atoms with E-state index >= 15 is 0 Å². The number of alkyl halides is 3. The quantitative estimate of drug-likeness (QED) is 0.869. The summed E-state index contributed by atoms with van der Waals surface area (Å²) in [6.45, 7) is 0.435. The van der Waals surface area contributed by atoms with Crippen LogP contribution in [0.4, 0.5) is 13.2 Å². The van der Waals surface area contributed by atoms with E-state index in [1.54, 1.807) is 24.3 Å². The number of rotatable bonds is 5. The highest BCUT2D eigenvalue weighted by Gasteiger charge is 2.54. The van der Waals surface area contributed by atoms with Gasteiger partial charge in [-0.1, -0.05) is 31.2 Å². The van der Waals surface area contributed by atoms with E-state index in [0.717, 1.165) is 12.0 Å². The van der Waals surface area contributed by atoms with Gasteiger partial charge in [0.15, 0.2) is 0 Å². The van der Waals surface area contributed by atoms with E-state index in [4.69, 9.17) is 5.11 Å². The molecule has 1 aliphatic rings. The first-order valence-electron chi connectivity index (χ1n) is 7.39. The van der Waals surface area contributed by atoms with E-state index in [1.807, 2.05) is 6.92 Å². The fourth-order valence-electron chi connectivity index (χ4n) is 2.75. The topological polar surface area (TPSA) is 74.7 Å². The molecule has 1 heterocycles. The molecule has 0 saturated carbocycles. The molecule has 0 unspecified atom stereocenters. The Kier molecular flexibility index (Phi) is 5.24. The van der Waals surface area contributed by atoms with Gasteiger partial charge in [0.2, 0.25) is 10.0 Å². The maximum absolute atomic E-state index is 13.0. The van der Waals surface area contributed by atoms with E-state index in [-0.39, 0.29) is 0 Å². The predicted molar refractivity (Wildman–Crippen MR) is 80.7 cm³/mol. The van der Waals surface area contributed by atoms with Gasteiger partial charge in [-0.25, -0.2) is 12.7 Å². The second kappa shape index (κ2) is 6.72. The zero-order valence-corrected chi connectivity index (χ0v) is 13.8. The lowest BCUT2D eigenvalue weighted by Crippen LogP contribution is -2.34. The van der Waals surface area contributed by atoms with Gasteiger partial charge in [-0.3, -0.25) is 4.79 Å². The lowest BCUT2D eigenvalue weighted by atomic mass is 9.96. The van der Waals surface area contributed by atoms with Gasteiger partial charge in [0.05, 0.1) is 17.6 Å². The minimum absolute atomic E-state index is 0.450. The first-order valence-corrected chi connectivity index (χ1v) is 9.00. The molecule has 0 amide bonds. The summed E-state index contributed by atoms with van der Waals surface area (Å²) in [6, 6.07) is 6.74. The van der Waals surface area contributed by atoms with Crippen molar-refractivity contribution in [2.45, 2.75) is 25.3 Å². The molecule has 0 spiro atoms. The Labute approximate surface area is 138 Å². The number of hydrogen-bond donors (Lipinski definition) is 1. The molecule has 1 aliphatic heterocycles. The SMILES string of the molecule is CCc1ccc(CS(=O)(=O)N2C[C@@H](C(F)(F)F)[C@H](C(=O)O)C2)cc1. The zero-order valence-electron chi connectivity index (χ0n) is 13.0. The van der Waals surface area contributed by atoms with Crippen molar-refractivity contribution in [2.24, 2.45) is 11.8 Å². The molecule has 2 rings (SSSR count). The molecule has 134 valence electrons. The molecule has 0 radical (unpaired) electrons. The molecular weight excluding hydrogens is 347 g/mol. The highest BCUT2D eigenvalue weighted by atomic mass is 32.2. The Morgan fingerprint density at radius 1 is 1.21 bits per heavy atom. The predicted octanol–water partition coefficient (Wildman–Crippen LogP) is 2.27. The number of aliphatic carboxylic acids is 1. The van der Waals surface area contributed by atoms with Crippen molar-refractivity contribution in [3.05, 3.63) is 35.4 Å². The summed E-state index contributed by atoms with van der Waals surface area (Å²) in [6.07, 6.45) is -3.97. The van der Waals surface area contributed by atoms with Gasteiger partial charge in [-0.15, -0.1) is 0 Å². The van der Waals surface area contributed by atoms with E-state index in [9.17, 15) is 26.4 Å². The minimum atomic E-state index is -4.75. The molecule has 9 heteroatoms. The van der Waals surface area contributed by atoms with Crippen molar-refractivity contribution in [3.63, 3.8) is 0 Å². The number of nitrogens with zero attached hydrogens (tertiary/aromatic N) is 1. The molecular formula is C15H18F3NO4S. The van der Waals surface area contributed by atoms with Crippen molar-refractivity contribution in [1.29, 1.82) is 0 Å². The van der Waals surface area contributed by atoms with Crippen molar-refractivity contribution in [3.8, 4) is 0 Å². The molecule has 0 aromatic heterocycles. The van der Waals surface area contributed by atoms with Crippen LogP contribution in [-0.2, 0) is 27.0 Å². The zero-order chi connectivity index (χ0) is 18.1. The first kappa shape index (κ1) is 18.7. The number of sulfonamides is 1. The van der Waals surface area contributed by atoms with Crippen LogP contribution in [0.15, 0.2) is 24.3 Å². The lowest BCUT2D eigenvalue weighted by molar-refractivity contribution is -0.187. The van der Waals surface area contributed by atoms with Gasteiger partial charge in [0.1, 0.15) is 0 Å². The molecule has 1 saturated heterocycles. The van der Waals surface area contributed by atoms with Crippen LogP contribution >= 0.6 is 0 Å². The molecule has 2 atom stereocenters. The molecule has 0 bridgehead atoms. The summed E-state index contributed by atoms with van der Waals surface area (Å²) >= 11 is 0. The largest absolute Gasteiger partial charge is 0.481 e. The standard InChI is InChI=1S/C15H18F3NO4S/c1-2-10-3-5-11(6-4-10)9-24(22,23)19-7-12(14(20)21)13(8-19)15(16,17)18/h3-6,12-13H,2,7-9H2,1H3,(H,20,21)/t12-,13-/m1/s1. The number of benzene rings is 1. The number of carboxylic acid groups (broad SMARTS) is 1. The highest BCUT2D eigenvalue weighted by molar-refractivity contribution is 7.88. The van der Waals surface area contributed by atoms with Crippen LogP contribution in [0.3, 0.4) is 0 Å². The minimum Gasteiger partial charge on any atom is -0.481 e. The van der Waals surface area contributed by atoms with E-state index in [2.05, 4.69) is 0 Å². The fourth-order valence-corrected chi connectivity index (χ4v) is 4.32. The molecule has 0 aliphatic carbocycles. The Bertz CT molecular complexity index is 700. The van der Waals surface area contributed by atoms with Crippen LogP contribution in [0, 0.1) is 11.8 Å². The van der Waals surface area contributed by atoms with E-state index in [1.165, 1.54) is 0 Å². The molecule has 24 heavy (non-hydrogen) atoms. The molecule has 1 N–H and O–H groups in total. The number of carbonyl (C=O) groups is 1. The average molecular weight is 365 g/mol. The Morgan fingerprint density at radius 3 is 2.17 bits per heavy atom. The number of hydrogen-bond acceptors (Lipinski definition) is 3. The van der Waals surface area contributed by atoms with Gasteiger partial charge in [-0.05, 0) is 17.5 Å². The maximum Gasteiger partial charge on any atom is 0.393 e. The molecule has 5 nitrogen and oxygen atoms in total. The summed E-state index contributed by atoms with van der Waals surface area (Å²) in [5.41, 5.74) is 1.47. The lowest BCUT2D eigenvalue weighted by Gasteiger charge is -2.18. The van der Waals surface area contributed by atoms with Crippen molar-refractivity contribution >= 4 is 16.0 Å². The second-order valence-electron chi connectivity index (χ2n) is 5.84. The summed E-state index contributed by atoms with van der Waals surface area (Å²) in [5, 5.41) is 8.96. The third-order valence-corrected chi connectivity index (χ3v) is 5.98. The van der Waals surface area contributed by atoms with Crippen LogP contribution in [0.2, 0.25) is 0 Å². The van der Waals surface area contributed by atoms with Gasteiger partial charge in [0.25, 0.3) is 0 Å². The first-order chi connectivity index (χ1) is 11.0. The van der Waals surface area contributed by atoms with Gasteiger partial charge < -0.3 is 5.11 Å². The van der Waals surface area contributed by atoms with Crippen molar-refractivity contribution in [1.82, 2.24) is 4.31 Å². The summed E-state index contributed by atoms with van der Waals surface area (Å²) in [5.74, 6) is -6.05. The number of aryl methyl sites for hydroxylation is 1. The Hall–Kier alpha value is -1.61. The number of halogens is 3. The van der Waals surface area contributed by atoms with Crippen LogP contribution in [0.25, 0.3) is 0 Å². The second-order valence-corrected chi connectivity index (χ2v) is 7.80. The monoisotopic (exact) mass is 365 g/mol. The fraction of sp³-hybridized carbons (Fsp3) is 0.533. The third kappa shape index (κ3) is 4.07. The molecule has 1 aromatic carbocycles. The van der Waals surface area contributed by atoms with Crippen LogP contribution in [-0.4, -0.2) is 43.1 Å². The summed E-state index contributed by atoms with van der Waals surface area (Å²) in [7, 11) is -4.02. The van der Waals surface area contributed by atoms with Crippen LogP contribution < -0.4 is 0 Å². The van der Waals surface area contributed by atoms with E-state index < -0.39 is 52.8 Å². The molecule has 1 fully saturated rings. The summed E-state index contributed by atoms with van der Waals surface area (Å²) < 4.78 is 64.2. The number of carboxylic acids is 1. The van der Waals surface area contributed by atoms with E-state index in [0.29, 0.717) is 9.87 Å². The van der Waals surface area contributed by atoms with Gasteiger partial charge in [-0.2, -0.15) is 13.2 Å².